The summed E-state index contributed by atoms with van der Waals surface area (Å²) in [6.07, 6.45) is 2.04. The third-order valence-electron chi connectivity index (χ3n) is 3.90. The van der Waals surface area contributed by atoms with E-state index in [1.54, 1.807) is 0 Å². The van der Waals surface area contributed by atoms with Crippen LogP contribution in [0.15, 0.2) is 0 Å². The summed E-state index contributed by atoms with van der Waals surface area (Å²) in [4.78, 5) is 13.0. The molecule has 1 saturated heterocycles. The highest BCUT2D eigenvalue weighted by molar-refractivity contribution is 6.31. The molecule has 2 rings (SSSR count). The molecule has 0 saturated carbocycles. The summed E-state index contributed by atoms with van der Waals surface area (Å²) in [7, 11) is 0. The predicted molar refractivity (Wildman–Crippen MR) is 77.9 cm³/mol. The molecule has 1 fully saturated rings. The van der Waals surface area contributed by atoms with Gasteiger partial charge in [-0.15, -0.1) is 0 Å². The third kappa shape index (κ3) is 3.33. The summed E-state index contributed by atoms with van der Waals surface area (Å²) in [6, 6.07) is 0. The Labute approximate surface area is 124 Å². The Bertz CT molecular complexity index is 487. The number of carboxylic acids is 1. The van der Waals surface area contributed by atoms with Gasteiger partial charge in [-0.1, -0.05) is 18.5 Å². The van der Waals surface area contributed by atoms with E-state index in [1.807, 2.05) is 4.68 Å². The highest BCUT2D eigenvalue weighted by Crippen LogP contribution is 2.26. The first kappa shape index (κ1) is 15.3. The van der Waals surface area contributed by atoms with E-state index in [2.05, 4.69) is 23.8 Å². The van der Waals surface area contributed by atoms with E-state index in [-0.39, 0.29) is 12.3 Å². The number of hydrogen-bond acceptors (Lipinski definition) is 3. The van der Waals surface area contributed by atoms with Gasteiger partial charge in [0.2, 0.25) is 0 Å². The van der Waals surface area contributed by atoms with Crippen molar-refractivity contribution >= 4 is 17.6 Å². The zero-order chi connectivity index (χ0) is 14.7. The molecule has 0 aliphatic carbocycles. The molecule has 0 aromatic carbocycles. The average Bonchev–Trinajstić information content (AvgIpc) is 2.95. The molecule has 1 aliphatic heterocycles. The maximum atomic E-state index is 10.8. The Morgan fingerprint density at radius 2 is 2.25 bits per heavy atom. The summed E-state index contributed by atoms with van der Waals surface area (Å²) in [6.45, 7) is 7.45. The Morgan fingerprint density at radius 3 is 2.85 bits per heavy atom. The summed E-state index contributed by atoms with van der Waals surface area (Å²) in [5.41, 5.74) is 2.01. The molecule has 1 aromatic heterocycles. The van der Waals surface area contributed by atoms with Crippen LogP contribution in [0.25, 0.3) is 0 Å². The average molecular weight is 300 g/mol. The van der Waals surface area contributed by atoms with Gasteiger partial charge in [-0.3, -0.25) is 14.4 Å². The normalized spacial score (nSPS) is 19.6. The highest BCUT2D eigenvalue weighted by Gasteiger charge is 2.26. The van der Waals surface area contributed by atoms with Gasteiger partial charge in [-0.2, -0.15) is 5.10 Å². The van der Waals surface area contributed by atoms with Crippen molar-refractivity contribution in [2.24, 2.45) is 5.92 Å². The minimum Gasteiger partial charge on any atom is -0.481 e. The van der Waals surface area contributed by atoms with E-state index in [0.717, 1.165) is 55.4 Å². The number of halogens is 1. The molecule has 0 radical (unpaired) electrons. The van der Waals surface area contributed by atoms with E-state index in [9.17, 15) is 4.79 Å². The number of likely N-dealkylation sites (tertiary alicyclic amines) is 1. The van der Waals surface area contributed by atoms with Crippen LogP contribution in [0, 0.1) is 5.92 Å². The van der Waals surface area contributed by atoms with Gasteiger partial charge in [0.05, 0.1) is 16.4 Å². The Kier molecular flexibility index (Phi) is 5.05. The van der Waals surface area contributed by atoms with Crippen LogP contribution in [0.5, 0.6) is 0 Å². The standard InChI is InChI=1S/C14H22ClN3O2/c1-3-11-14(15)12(18(4-2)16-11)9-17-6-5-10(8-17)7-13(19)20/h10H,3-9H2,1-2H3,(H,19,20). The largest absolute Gasteiger partial charge is 0.481 e. The van der Waals surface area contributed by atoms with Gasteiger partial charge in [0.1, 0.15) is 0 Å². The first-order valence-corrected chi connectivity index (χ1v) is 7.61. The van der Waals surface area contributed by atoms with Crippen LogP contribution < -0.4 is 0 Å². The molecule has 1 aliphatic rings. The Hall–Kier alpha value is -1.07. The molecule has 0 amide bonds. The van der Waals surface area contributed by atoms with Crippen LogP contribution in [-0.4, -0.2) is 38.8 Å². The third-order valence-corrected chi connectivity index (χ3v) is 4.34. The van der Waals surface area contributed by atoms with Crippen molar-refractivity contribution in [2.75, 3.05) is 13.1 Å². The highest BCUT2D eigenvalue weighted by atomic mass is 35.5. The first-order valence-electron chi connectivity index (χ1n) is 7.23. The minimum absolute atomic E-state index is 0.259. The van der Waals surface area contributed by atoms with Crippen molar-refractivity contribution in [3.05, 3.63) is 16.4 Å². The van der Waals surface area contributed by atoms with Crippen molar-refractivity contribution in [2.45, 2.75) is 46.2 Å². The predicted octanol–water partition coefficient (Wildman–Crippen LogP) is 2.42. The number of carbonyl (C=O) groups is 1. The number of rotatable bonds is 6. The monoisotopic (exact) mass is 299 g/mol. The molecule has 5 nitrogen and oxygen atoms in total. The topological polar surface area (TPSA) is 58.4 Å². The van der Waals surface area contributed by atoms with Crippen molar-refractivity contribution in [1.29, 1.82) is 0 Å². The van der Waals surface area contributed by atoms with E-state index >= 15 is 0 Å². The summed E-state index contributed by atoms with van der Waals surface area (Å²) < 4.78 is 1.96. The molecule has 2 heterocycles. The molecule has 20 heavy (non-hydrogen) atoms. The lowest BCUT2D eigenvalue weighted by Gasteiger charge is -2.16. The lowest BCUT2D eigenvalue weighted by atomic mass is 10.1. The van der Waals surface area contributed by atoms with E-state index in [0.29, 0.717) is 0 Å². The zero-order valence-electron chi connectivity index (χ0n) is 12.1. The second kappa shape index (κ2) is 6.59. The van der Waals surface area contributed by atoms with Crippen LogP contribution in [0.1, 0.15) is 38.1 Å². The maximum absolute atomic E-state index is 10.8. The number of carboxylic acid groups (broad SMARTS) is 1. The Morgan fingerprint density at radius 1 is 1.50 bits per heavy atom. The first-order chi connectivity index (χ1) is 9.55. The number of aliphatic carboxylic acids is 1. The maximum Gasteiger partial charge on any atom is 0.303 e. The van der Waals surface area contributed by atoms with Gasteiger partial charge in [-0.05, 0) is 32.2 Å². The van der Waals surface area contributed by atoms with Crippen molar-refractivity contribution in [3.63, 3.8) is 0 Å². The molecule has 1 aromatic rings. The van der Waals surface area contributed by atoms with E-state index in [4.69, 9.17) is 16.7 Å². The molecule has 112 valence electrons. The van der Waals surface area contributed by atoms with Gasteiger partial charge in [0, 0.05) is 26.1 Å². The molecule has 1 unspecified atom stereocenters. The quantitative estimate of drug-likeness (QED) is 0.876. The van der Waals surface area contributed by atoms with Crippen LogP contribution in [0.4, 0.5) is 0 Å². The lowest BCUT2D eigenvalue weighted by molar-refractivity contribution is -0.138. The fourth-order valence-electron chi connectivity index (χ4n) is 2.85. The van der Waals surface area contributed by atoms with Crippen LogP contribution >= 0.6 is 11.6 Å². The summed E-state index contributed by atoms with van der Waals surface area (Å²) in [5, 5.41) is 14.2. The fourth-order valence-corrected chi connectivity index (χ4v) is 3.18. The molecule has 1 atom stereocenters. The van der Waals surface area contributed by atoms with Gasteiger partial charge >= 0.3 is 5.97 Å². The second-order valence-corrected chi connectivity index (χ2v) is 5.74. The Balaban J connectivity index is 2.04. The van der Waals surface area contributed by atoms with Crippen LogP contribution in [0.3, 0.4) is 0 Å². The van der Waals surface area contributed by atoms with Crippen LogP contribution in [-0.2, 0) is 24.3 Å². The van der Waals surface area contributed by atoms with Crippen molar-refractivity contribution in [1.82, 2.24) is 14.7 Å². The van der Waals surface area contributed by atoms with Crippen LogP contribution in [0.2, 0.25) is 5.02 Å². The smallest absolute Gasteiger partial charge is 0.303 e. The van der Waals surface area contributed by atoms with Gasteiger partial charge < -0.3 is 5.11 Å². The fraction of sp³-hybridized carbons (Fsp3) is 0.714. The van der Waals surface area contributed by atoms with Gasteiger partial charge in [-0.25, -0.2) is 0 Å². The second-order valence-electron chi connectivity index (χ2n) is 5.36. The lowest BCUT2D eigenvalue weighted by Crippen LogP contribution is -2.23. The van der Waals surface area contributed by atoms with E-state index < -0.39 is 5.97 Å². The molecular weight excluding hydrogens is 278 g/mol. The van der Waals surface area contributed by atoms with E-state index in [1.165, 1.54) is 0 Å². The van der Waals surface area contributed by atoms with Gasteiger partial charge in [0.15, 0.2) is 0 Å². The molecule has 0 spiro atoms. The minimum atomic E-state index is -0.707. The SMILES string of the molecule is CCc1nn(CC)c(CN2CCC(CC(=O)O)C2)c1Cl. The number of aryl methyl sites for hydroxylation is 2. The summed E-state index contributed by atoms with van der Waals surface area (Å²) >= 11 is 6.40. The summed E-state index contributed by atoms with van der Waals surface area (Å²) in [5.74, 6) is -0.448. The molecule has 6 heteroatoms. The number of aromatic nitrogens is 2. The molecular formula is C14H22ClN3O2. The molecule has 1 N–H and O–H groups in total. The molecule has 0 bridgehead atoms. The van der Waals surface area contributed by atoms with Gasteiger partial charge in [0.25, 0.3) is 0 Å². The number of nitrogens with zero attached hydrogens (tertiary/aromatic N) is 3. The van der Waals surface area contributed by atoms with Crippen molar-refractivity contribution < 1.29 is 9.90 Å². The number of hydrogen-bond donors (Lipinski definition) is 1. The zero-order valence-corrected chi connectivity index (χ0v) is 12.9. The van der Waals surface area contributed by atoms with Crippen molar-refractivity contribution in [3.8, 4) is 0 Å².